The van der Waals surface area contributed by atoms with Crippen molar-refractivity contribution in [3.63, 3.8) is 0 Å². The summed E-state index contributed by atoms with van der Waals surface area (Å²) in [4.78, 5) is 24.5. The molecule has 0 radical (unpaired) electrons. The Morgan fingerprint density at radius 2 is 1.88 bits per heavy atom. The first-order chi connectivity index (χ1) is 12.4. The Balaban J connectivity index is 1.83. The lowest BCUT2D eigenvalue weighted by molar-refractivity contribution is -0.140. The van der Waals surface area contributed by atoms with Crippen molar-refractivity contribution in [1.29, 1.82) is 0 Å². The van der Waals surface area contributed by atoms with Crippen LogP contribution in [0.15, 0.2) is 59.8 Å². The Labute approximate surface area is 151 Å². The number of benzene rings is 2. The zero-order valence-corrected chi connectivity index (χ0v) is 14.6. The number of hydrogen-bond donors (Lipinski definition) is 3. The van der Waals surface area contributed by atoms with Crippen LogP contribution in [0.3, 0.4) is 0 Å². The van der Waals surface area contributed by atoms with Gasteiger partial charge in [0.1, 0.15) is 12.4 Å². The van der Waals surface area contributed by atoms with Gasteiger partial charge < -0.3 is 20.5 Å². The number of phenolic OH excluding ortho intramolecular Hbond substituents is 1. The van der Waals surface area contributed by atoms with E-state index in [4.69, 9.17) is 4.74 Å². The summed E-state index contributed by atoms with van der Waals surface area (Å²) < 4.78 is 5.44. The molecular weight excluding hydrogens is 332 g/mol. The first-order valence-electron chi connectivity index (χ1n) is 8.24. The standard InChI is InChI=1S/C20H20N2O4/c1-12-6-8-14(9-7-12)11-26-19(24)17-13(2)21-20(25)22-18(17)15-4-3-5-16(23)10-15/h3-10,18,23H,11H2,1-2H3,(H2,21,22,25)/t18-/m1/s1. The summed E-state index contributed by atoms with van der Waals surface area (Å²) in [6.45, 7) is 3.77. The lowest BCUT2D eigenvalue weighted by Gasteiger charge is -2.28. The Kier molecular flexibility index (Phi) is 4.93. The van der Waals surface area contributed by atoms with Crippen molar-refractivity contribution in [2.75, 3.05) is 0 Å². The summed E-state index contributed by atoms with van der Waals surface area (Å²) in [5.74, 6) is -0.468. The molecule has 0 aromatic heterocycles. The molecule has 2 amide bonds. The quantitative estimate of drug-likeness (QED) is 0.738. The van der Waals surface area contributed by atoms with E-state index in [9.17, 15) is 14.7 Å². The second-order valence-electron chi connectivity index (χ2n) is 6.23. The van der Waals surface area contributed by atoms with Crippen molar-refractivity contribution < 1.29 is 19.4 Å². The van der Waals surface area contributed by atoms with E-state index in [1.807, 2.05) is 31.2 Å². The highest BCUT2D eigenvalue weighted by Crippen LogP contribution is 2.29. The number of phenols is 1. The van der Waals surface area contributed by atoms with E-state index in [0.717, 1.165) is 11.1 Å². The number of urea groups is 1. The molecule has 1 heterocycles. The summed E-state index contributed by atoms with van der Waals surface area (Å²) in [7, 11) is 0. The fourth-order valence-corrected chi connectivity index (χ4v) is 2.83. The van der Waals surface area contributed by atoms with Crippen LogP contribution in [0.25, 0.3) is 0 Å². The molecule has 0 fully saturated rings. The second-order valence-corrected chi connectivity index (χ2v) is 6.23. The zero-order chi connectivity index (χ0) is 18.7. The highest BCUT2D eigenvalue weighted by atomic mass is 16.5. The maximum Gasteiger partial charge on any atom is 0.338 e. The van der Waals surface area contributed by atoms with Crippen LogP contribution in [0.5, 0.6) is 5.75 Å². The van der Waals surface area contributed by atoms with E-state index in [-0.39, 0.29) is 12.4 Å². The van der Waals surface area contributed by atoms with E-state index in [1.165, 1.54) is 12.1 Å². The average Bonchev–Trinajstić information content (AvgIpc) is 2.60. The normalized spacial score (nSPS) is 16.7. The Morgan fingerprint density at radius 3 is 2.58 bits per heavy atom. The van der Waals surface area contributed by atoms with Gasteiger partial charge in [0.05, 0.1) is 11.6 Å². The fourth-order valence-electron chi connectivity index (χ4n) is 2.83. The molecule has 3 N–H and O–H groups in total. The van der Waals surface area contributed by atoms with Gasteiger partial charge in [-0.15, -0.1) is 0 Å². The molecule has 2 aromatic rings. The van der Waals surface area contributed by atoms with Crippen molar-refractivity contribution in [2.24, 2.45) is 0 Å². The minimum absolute atomic E-state index is 0.0558. The third-order valence-electron chi connectivity index (χ3n) is 4.18. The number of amides is 2. The number of hydrogen-bond acceptors (Lipinski definition) is 4. The number of nitrogens with one attached hydrogen (secondary N) is 2. The van der Waals surface area contributed by atoms with Crippen LogP contribution >= 0.6 is 0 Å². The molecule has 6 nitrogen and oxygen atoms in total. The lowest BCUT2D eigenvalue weighted by atomic mass is 9.95. The molecule has 1 aliphatic rings. The molecule has 134 valence electrons. The maximum absolute atomic E-state index is 12.7. The van der Waals surface area contributed by atoms with Crippen LogP contribution in [0.4, 0.5) is 4.79 Å². The van der Waals surface area contributed by atoms with Crippen LogP contribution in [-0.4, -0.2) is 17.1 Å². The number of rotatable bonds is 4. The molecule has 0 unspecified atom stereocenters. The second kappa shape index (κ2) is 7.31. The number of carbonyl (C=O) groups excluding carboxylic acids is 2. The molecule has 1 atom stereocenters. The first kappa shape index (κ1) is 17.5. The van der Waals surface area contributed by atoms with Crippen LogP contribution < -0.4 is 10.6 Å². The summed E-state index contributed by atoms with van der Waals surface area (Å²) in [5.41, 5.74) is 3.34. The predicted octanol–water partition coefficient (Wildman–Crippen LogP) is 3.07. The summed E-state index contributed by atoms with van der Waals surface area (Å²) in [6, 6.07) is 13.0. The van der Waals surface area contributed by atoms with Crippen LogP contribution in [-0.2, 0) is 16.1 Å². The maximum atomic E-state index is 12.7. The monoisotopic (exact) mass is 352 g/mol. The molecule has 0 saturated carbocycles. The average molecular weight is 352 g/mol. The van der Waals surface area contributed by atoms with Gasteiger partial charge in [0.25, 0.3) is 0 Å². The minimum Gasteiger partial charge on any atom is -0.508 e. The van der Waals surface area contributed by atoms with E-state index < -0.39 is 18.0 Å². The number of esters is 1. The van der Waals surface area contributed by atoms with Crippen LogP contribution in [0.1, 0.15) is 29.7 Å². The molecule has 26 heavy (non-hydrogen) atoms. The van der Waals surface area contributed by atoms with E-state index in [0.29, 0.717) is 16.8 Å². The van der Waals surface area contributed by atoms with Crippen molar-refractivity contribution in [3.05, 3.63) is 76.5 Å². The first-order valence-corrected chi connectivity index (χ1v) is 8.24. The molecule has 6 heteroatoms. The van der Waals surface area contributed by atoms with Crippen molar-refractivity contribution in [3.8, 4) is 5.75 Å². The van der Waals surface area contributed by atoms with E-state index >= 15 is 0 Å². The number of aryl methyl sites for hydroxylation is 1. The number of ether oxygens (including phenoxy) is 1. The molecule has 3 rings (SSSR count). The van der Waals surface area contributed by atoms with Gasteiger partial charge in [-0.1, -0.05) is 42.0 Å². The van der Waals surface area contributed by atoms with Crippen molar-refractivity contribution in [2.45, 2.75) is 26.5 Å². The van der Waals surface area contributed by atoms with Gasteiger partial charge in [-0.2, -0.15) is 0 Å². The highest BCUT2D eigenvalue weighted by Gasteiger charge is 2.32. The van der Waals surface area contributed by atoms with E-state index in [2.05, 4.69) is 10.6 Å². The van der Waals surface area contributed by atoms with Gasteiger partial charge in [0, 0.05) is 5.70 Å². The van der Waals surface area contributed by atoms with E-state index in [1.54, 1.807) is 19.1 Å². The summed E-state index contributed by atoms with van der Waals surface area (Å²) in [5, 5.41) is 15.0. The minimum atomic E-state index is -0.693. The van der Waals surface area contributed by atoms with Gasteiger partial charge in [-0.3, -0.25) is 0 Å². The van der Waals surface area contributed by atoms with Gasteiger partial charge in [-0.05, 0) is 37.1 Å². The van der Waals surface area contributed by atoms with Crippen LogP contribution in [0.2, 0.25) is 0 Å². The van der Waals surface area contributed by atoms with Gasteiger partial charge in [-0.25, -0.2) is 9.59 Å². The van der Waals surface area contributed by atoms with Gasteiger partial charge >= 0.3 is 12.0 Å². The third kappa shape index (κ3) is 3.85. The topological polar surface area (TPSA) is 87.7 Å². The fraction of sp³-hybridized carbons (Fsp3) is 0.200. The molecule has 2 aromatic carbocycles. The predicted molar refractivity (Wildman–Crippen MR) is 96.2 cm³/mol. The third-order valence-corrected chi connectivity index (χ3v) is 4.18. The number of allylic oxidation sites excluding steroid dienone is 1. The van der Waals surface area contributed by atoms with Gasteiger partial charge in [0.15, 0.2) is 0 Å². The Hall–Kier alpha value is -3.28. The summed E-state index contributed by atoms with van der Waals surface area (Å²) >= 11 is 0. The highest BCUT2D eigenvalue weighted by molar-refractivity contribution is 5.95. The van der Waals surface area contributed by atoms with Gasteiger partial charge in [0.2, 0.25) is 0 Å². The Bertz CT molecular complexity index is 872. The van der Waals surface area contributed by atoms with Crippen molar-refractivity contribution >= 4 is 12.0 Å². The molecule has 0 saturated heterocycles. The summed E-state index contributed by atoms with van der Waals surface area (Å²) in [6.07, 6.45) is 0. The molecule has 0 spiro atoms. The molecule has 1 aliphatic heterocycles. The molecule has 0 aliphatic carbocycles. The largest absolute Gasteiger partial charge is 0.508 e. The van der Waals surface area contributed by atoms with Crippen LogP contribution in [0, 0.1) is 6.92 Å². The van der Waals surface area contributed by atoms with Crippen molar-refractivity contribution in [1.82, 2.24) is 10.6 Å². The SMILES string of the molecule is CC1=C(C(=O)OCc2ccc(C)cc2)[C@@H](c2cccc(O)c2)NC(=O)N1. The smallest absolute Gasteiger partial charge is 0.338 e. The Morgan fingerprint density at radius 1 is 1.15 bits per heavy atom. The number of carbonyl (C=O) groups is 2. The molecular formula is C20H20N2O4. The lowest BCUT2D eigenvalue weighted by Crippen LogP contribution is -2.45. The zero-order valence-electron chi connectivity index (χ0n) is 14.6. The number of aromatic hydroxyl groups is 1. The molecule has 0 bridgehead atoms.